The smallest absolute Gasteiger partial charge is 0.220 e. The number of nitrogens with two attached hydrogens (primary N) is 2. The van der Waals surface area contributed by atoms with E-state index >= 15 is 0 Å². The van der Waals surface area contributed by atoms with Crippen molar-refractivity contribution in [3.8, 4) is 11.8 Å². The molecule has 2 rings (SSSR count). The number of likely N-dealkylation sites (tertiary alicyclic amines) is 1. The predicted molar refractivity (Wildman–Crippen MR) is 103 cm³/mol. The Hall–Kier alpha value is -3.02. The second-order valence-corrected chi connectivity index (χ2v) is 6.93. The number of aromatic hydroxyl groups is 1. The van der Waals surface area contributed by atoms with Gasteiger partial charge in [-0.25, -0.2) is 0 Å². The second-order valence-electron chi connectivity index (χ2n) is 6.93. The van der Waals surface area contributed by atoms with Crippen LogP contribution in [0.2, 0.25) is 0 Å². The van der Waals surface area contributed by atoms with Gasteiger partial charge in [0, 0.05) is 19.9 Å². The number of nitriles is 1. The van der Waals surface area contributed by atoms with Crippen LogP contribution in [0.3, 0.4) is 0 Å². The van der Waals surface area contributed by atoms with E-state index in [0.717, 1.165) is 0 Å². The molecule has 1 aromatic rings. The van der Waals surface area contributed by atoms with Gasteiger partial charge in [0.15, 0.2) is 11.6 Å². The number of carbonyl (C=O) groups excluding carboxylic acids is 3. The Morgan fingerprint density at radius 1 is 1.39 bits per heavy atom. The Bertz CT molecular complexity index is 828. The van der Waals surface area contributed by atoms with E-state index in [0.29, 0.717) is 24.9 Å². The molecule has 5 N–H and O–H groups in total. The molecule has 0 bridgehead atoms. The molecule has 0 radical (unpaired) electrons. The van der Waals surface area contributed by atoms with Gasteiger partial charge in [0.25, 0.3) is 0 Å². The van der Waals surface area contributed by atoms with Crippen LogP contribution < -0.4 is 11.5 Å². The number of hydrogen-bond donors (Lipinski definition) is 3. The molecular weight excluding hydrogens is 360 g/mol. The molecule has 8 heteroatoms. The fourth-order valence-electron chi connectivity index (χ4n) is 3.33. The van der Waals surface area contributed by atoms with Crippen molar-refractivity contribution in [2.75, 3.05) is 6.54 Å². The van der Waals surface area contributed by atoms with Crippen LogP contribution in [0.4, 0.5) is 0 Å². The molecule has 1 aliphatic rings. The molecule has 28 heavy (non-hydrogen) atoms. The highest BCUT2D eigenvalue weighted by atomic mass is 16.3. The third kappa shape index (κ3) is 4.63. The van der Waals surface area contributed by atoms with E-state index in [1.807, 2.05) is 0 Å². The monoisotopic (exact) mass is 384 g/mol. The summed E-state index contributed by atoms with van der Waals surface area (Å²) in [4.78, 5) is 39.3. The molecule has 8 nitrogen and oxygen atoms in total. The Morgan fingerprint density at radius 3 is 2.61 bits per heavy atom. The van der Waals surface area contributed by atoms with E-state index in [1.165, 1.54) is 36.1 Å². The molecule has 1 aliphatic heterocycles. The quantitative estimate of drug-likeness (QED) is 0.457. The maximum absolute atomic E-state index is 13.2. The zero-order valence-corrected chi connectivity index (χ0v) is 15.7. The Labute approximate surface area is 163 Å². The summed E-state index contributed by atoms with van der Waals surface area (Å²) in [5.41, 5.74) is 10.5. The largest absolute Gasteiger partial charge is 0.508 e. The van der Waals surface area contributed by atoms with Gasteiger partial charge in [0.2, 0.25) is 5.91 Å². The van der Waals surface area contributed by atoms with E-state index in [1.54, 1.807) is 18.2 Å². The number of phenolic OH excluding ortho intramolecular Hbond substituents is 1. The van der Waals surface area contributed by atoms with Crippen molar-refractivity contribution >= 4 is 23.5 Å². The summed E-state index contributed by atoms with van der Waals surface area (Å²) in [5.74, 6) is -1.48. The molecule has 1 saturated heterocycles. The number of Topliss-reactive ketones (excluding diaryl/α,β-unsaturated/α-hetero) is 1. The fourth-order valence-corrected chi connectivity index (χ4v) is 3.33. The Morgan fingerprint density at radius 2 is 2.04 bits per heavy atom. The van der Waals surface area contributed by atoms with Crippen molar-refractivity contribution in [2.45, 2.75) is 43.8 Å². The van der Waals surface area contributed by atoms with Crippen molar-refractivity contribution in [1.82, 2.24) is 4.90 Å². The number of rotatable bonds is 7. The minimum absolute atomic E-state index is 0.0809. The van der Waals surface area contributed by atoms with Gasteiger partial charge in [-0.05, 0) is 36.6 Å². The van der Waals surface area contributed by atoms with E-state index < -0.39 is 29.2 Å². The van der Waals surface area contributed by atoms with Crippen molar-refractivity contribution < 1.29 is 19.5 Å². The summed E-state index contributed by atoms with van der Waals surface area (Å²) in [6.45, 7) is 1.78. The normalized spacial score (nSPS) is 19.8. The molecule has 3 atom stereocenters. The van der Waals surface area contributed by atoms with Crippen LogP contribution in [0.15, 0.2) is 30.3 Å². The standard InChI is InChI=1S/C20H24N4O4/c1-13(25)24-10-2-3-17(24)19(28)20(23,11-15(22)12-21)18(27)9-6-14-4-7-16(26)8-5-14/h4-9,15,17,26H,2-3,10-11,22-23H2,1H3/b9-6+/t15?,17-,20?/m0/s1. The Balaban J connectivity index is 2.32. The van der Waals surface area contributed by atoms with Gasteiger partial charge in [-0.1, -0.05) is 18.2 Å². The number of nitrogens with zero attached hydrogens (tertiary/aromatic N) is 2. The lowest BCUT2D eigenvalue weighted by atomic mass is 9.80. The summed E-state index contributed by atoms with van der Waals surface area (Å²) in [5, 5.41) is 18.4. The number of hydrogen-bond acceptors (Lipinski definition) is 7. The second kappa shape index (κ2) is 8.78. The van der Waals surface area contributed by atoms with Crippen LogP contribution in [0.5, 0.6) is 5.75 Å². The molecule has 1 heterocycles. The molecular formula is C20H24N4O4. The maximum Gasteiger partial charge on any atom is 0.220 e. The lowest BCUT2D eigenvalue weighted by molar-refractivity contribution is -0.141. The van der Waals surface area contributed by atoms with Crippen molar-refractivity contribution in [1.29, 1.82) is 5.26 Å². The van der Waals surface area contributed by atoms with Crippen LogP contribution >= 0.6 is 0 Å². The zero-order valence-electron chi connectivity index (χ0n) is 15.7. The molecule has 0 aliphatic carbocycles. The van der Waals surface area contributed by atoms with Crippen LogP contribution in [-0.2, 0) is 14.4 Å². The Kier molecular flexibility index (Phi) is 6.67. The topological polar surface area (TPSA) is 151 Å². The van der Waals surface area contributed by atoms with Gasteiger partial charge < -0.3 is 21.5 Å². The first-order valence-corrected chi connectivity index (χ1v) is 8.96. The SMILES string of the molecule is CC(=O)N1CCC[C@H]1C(=O)C(N)(CC(N)C#N)C(=O)/C=C/c1ccc(O)cc1. The fraction of sp³-hybridized carbons (Fsp3) is 0.400. The van der Waals surface area contributed by atoms with Crippen LogP contribution in [-0.4, -0.2) is 51.6 Å². The van der Waals surface area contributed by atoms with Gasteiger partial charge in [-0.3, -0.25) is 14.4 Å². The van der Waals surface area contributed by atoms with Crippen molar-refractivity contribution in [3.63, 3.8) is 0 Å². The maximum atomic E-state index is 13.2. The first-order valence-electron chi connectivity index (χ1n) is 8.96. The summed E-state index contributed by atoms with van der Waals surface area (Å²) in [7, 11) is 0. The number of phenols is 1. The minimum atomic E-state index is -2.01. The van der Waals surface area contributed by atoms with Crippen LogP contribution in [0.1, 0.15) is 31.7 Å². The predicted octanol–water partition coefficient (Wildman–Crippen LogP) is 0.493. The number of benzene rings is 1. The van der Waals surface area contributed by atoms with Crippen LogP contribution in [0, 0.1) is 11.3 Å². The van der Waals surface area contributed by atoms with E-state index in [4.69, 9.17) is 16.7 Å². The molecule has 1 amide bonds. The zero-order chi connectivity index (χ0) is 20.9. The van der Waals surface area contributed by atoms with Gasteiger partial charge in [-0.2, -0.15) is 5.26 Å². The van der Waals surface area contributed by atoms with Crippen molar-refractivity contribution in [2.24, 2.45) is 11.5 Å². The van der Waals surface area contributed by atoms with Crippen molar-refractivity contribution in [3.05, 3.63) is 35.9 Å². The summed E-state index contributed by atoms with van der Waals surface area (Å²) in [6.07, 6.45) is 3.33. The van der Waals surface area contributed by atoms with E-state index in [-0.39, 0.29) is 18.1 Å². The third-order valence-corrected chi connectivity index (χ3v) is 4.87. The molecule has 0 aromatic heterocycles. The molecule has 0 saturated carbocycles. The number of amides is 1. The summed E-state index contributed by atoms with van der Waals surface area (Å²) in [6, 6.07) is 5.99. The lowest BCUT2D eigenvalue weighted by Gasteiger charge is -2.32. The van der Waals surface area contributed by atoms with E-state index in [9.17, 15) is 19.5 Å². The van der Waals surface area contributed by atoms with E-state index in [2.05, 4.69) is 0 Å². The molecule has 148 valence electrons. The molecule has 1 aromatic carbocycles. The lowest BCUT2D eigenvalue weighted by Crippen LogP contribution is -2.62. The highest BCUT2D eigenvalue weighted by Gasteiger charge is 2.48. The molecule has 0 spiro atoms. The van der Waals surface area contributed by atoms with Gasteiger partial charge in [0.05, 0.1) is 18.2 Å². The van der Waals surface area contributed by atoms with Crippen LogP contribution in [0.25, 0.3) is 6.08 Å². The minimum Gasteiger partial charge on any atom is -0.508 e. The van der Waals surface area contributed by atoms with Gasteiger partial charge >= 0.3 is 0 Å². The average Bonchev–Trinajstić information content (AvgIpc) is 3.16. The number of carbonyl (C=O) groups is 3. The first-order chi connectivity index (χ1) is 13.2. The third-order valence-electron chi connectivity index (χ3n) is 4.87. The summed E-state index contributed by atoms with van der Waals surface area (Å²) < 4.78 is 0. The van der Waals surface area contributed by atoms with Gasteiger partial charge in [0.1, 0.15) is 11.3 Å². The highest BCUT2D eigenvalue weighted by molar-refractivity contribution is 6.18. The van der Waals surface area contributed by atoms with Gasteiger partial charge in [-0.15, -0.1) is 0 Å². The molecule has 1 fully saturated rings. The summed E-state index contributed by atoms with van der Waals surface area (Å²) >= 11 is 0. The number of ketones is 2. The molecule has 2 unspecified atom stereocenters. The average molecular weight is 384 g/mol. The highest BCUT2D eigenvalue weighted by Crippen LogP contribution is 2.25. The first kappa shape index (κ1) is 21.3.